The van der Waals surface area contributed by atoms with Crippen LogP contribution in [0.15, 0.2) is 42.5 Å². The van der Waals surface area contributed by atoms with Crippen LogP contribution in [0, 0.1) is 3.57 Å². The summed E-state index contributed by atoms with van der Waals surface area (Å²) in [4.78, 5) is 13.1. The number of carbonyl (C=O) groups excluding carboxylic acids is 1. The molecule has 0 N–H and O–H groups in total. The van der Waals surface area contributed by atoms with Gasteiger partial charge in [-0.2, -0.15) is 0 Å². The summed E-state index contributed by atoms with van der Waals surface area (Å²) in [7, 11) is 0. The first-order chi connectivity index (χ1) is 13.2. The molecule has 0 amide bonds. The van der Waals surface area contributed by atoms with Crippen molar-refractivity contribution in [3.63, 3.8) is 0 Å². The lowest BCUT2D eigenvalue weighted by Crippen LogP contribution is -2.18. The highest BCUT2D eigenvalue weighted by Crippen LogP contribution is 2.27. The number of halogens is 1. The van der Waals surface area contributed by atoms with Gasteiger partial charge < -0.3 is 18.9 Å². The molecule has 0 bridgehead atoms. The van der Waals surface area contributed by atoms with Crippen molar-refractivity contribution in [2.24, 2.45) is 0 Å². The molecule has 2 aromatic rings. The molecule has 0 aliphatic carbocycles. The lowest BCUT2D eigenvalue weighted by atomic mass is 10.0. The van der Waals surface area contributed by atoms with E-state index in [4.69, 9.17) is 18.9 Å². The SMILES string of the molecule is O=C(c1ccc(O[C@H]2CCOC2)cc1)c1cc(I)ccc1O[C@H]1CCOC1. The third-order valence-corrected chi connectivity index (χ3v) is 5.35. The van der Waals surface area contributed by atoms with Gasteiger partial charge in [-0.05, 0) is 65.1 Å². The third kappa shape index (κ3) is 4.62. The van der Waals surface area contributed by atoms with E-state index in [0.717, 1.165) is 28.8 Å². The van der Waals surface area contributed by atoms with Crippen LogP contribution in [0.3, 0.4) is 0 Å². The minimum atomic E-state index is -0.0572. The maximum atomic E-state index is 13.1. The van der Waals surface area contributed by atoms with Crippen molar-refractivity contribution in [2.45, 2.75) is 25.0 Å². The zero-order valence-electron chi connectivity index (χ0n) is 14.9. The Balaban J connectivity index is 1.51. The second-order valence-corrected chi connectivity index (χ2v) is 7.95. The summed E-state index contributed by atoms with van der Waals surface area (Å²) in [5.41, 5.74) is 1.19. The summed E-state index contributed by atoms with van der Waals surface area (Å²) in [6, 6.07) is 13.0. The zero-order chi connectivity index (χ0) is 18.6. The van der Waals surface area contributed by atoms with E-state index in [0.29, 0.717) is 36.7 Å². The topological polar surface area (TPSA) is 54.0 Å². The van der Waals surface area contributed by atoms with Crippen molar-refractivity contribution >= 4 is 28.4 Å². The average Bonchev–Trinajstić information content (AvgIpc) is 3.37. The zero-order valence-corrected chi connectivity index (χ0v) is 17.0. The van der Waals surface area contributed by atoms with E-state index in [1.54, 1.807) is 12.1 Å². The Morgan fingerprint density at radius 3 is 2.22 bits per heavy atom. The molecule has 2 atom stereocenters. The molecule has 0 radical (unpaired) electrons. The Morgan fingerprint density at radius 1 is 0.926 bits per heavy atom. The second-order valence-electron chi connectivity index (χ2n) is 6.70. The van der Waals surface area contributed by atoms with Crippen LogP contribution >= 0.6 is 22.6 Å². The maximum absolute atomic E-state index is 13.1. The van der Waals surface area contributed by atoms with Gasteiger partial charge in [-0.1, -0.05) is 0 Å². The van der Waals surface area contributed by atoms with Gasteiger partial charge in [0, 0.05) is 22.0 Å². The van der Waals surface area contributed by atoms with Crippen LogP contribution in [0.1, 0.15) is 28.8 Å². The van der Waals surface area contributed by atoms with Crippen LogP contribution < -0.4 is 9.47 Å². The van der Waals surface area contributed by atoms with Gasteiger partial charge in [0.25, 0.3) is 0 Å². The Bertz CT molecular complexity index is 793. The molecule has 2 aromatic carbocycles. The molecular weight excluding hydrogens is 459 g/mol. The van der Waals surface area contributed by atoms with E-state index >= 15 is 0 Å². The predicted molar refractivity (Wildman–Crippen MR) is 109 cm³/mol. The Labute approximate surface area is 172 Å². The van der Waals surface area contributed by atoms with Crippen LogP contribution in [-0.2, 0) is 9.47 Å². The molecule has 6 heteroatoms. The standard InChI is InChI=1S/C21H21IO5/c22-15-3-6-20(27-18-8-10-25-13-18)19(11-15)21(23)14-1-4-16(5-2-14)26-17-7-9-24-12-17/h1-6,11,17-18H,7-10,12-13H2/t17-,18-/m0/s1. The van der Waals surface area contributed by atoms with Gasteiger partial charge in [-0.15, -0.1) is 0 Å². The Morgan fingerprint density at radius 2 is 1.59 bits per heavy atom. The molecule has 2 aliphatic rings. The van der Waals surface area contributed by atoms with Crippen LogP contribution in [-0.4, -0.2) is 44.4 Å². The largest absolute Gasteiger partial charge is 0.488 e. The van der Waals surface area contributed by atoms with E-state index in [9.17, 15) is 4.79 Å². The van der Waals surface area contributed by atoms with E-state index < -0.39 is 0 Å². The molecule has 2 saturated heterocycles. The van der Waals surface area contributed by atoms with Crippen molar-refractivity contribution in [1.82, 2.24) is 0 Å². The van der Waals surface area contributed by atoms with E-state index in [2.05, 4.69) is 22.6 Å². The molecule has 27 heavy (non-hydrogen) atoms. The number of ether oxygens (including phenoxy) is 4. The summed E-state index contributed by atoms with van der Waals surface area (Å²) in [5.74, 6) is 1.31. The number of carbonyl (C=O) groups is 1. The lowest BCUT2D eigenvalue weighted by molar-refractivity contribution is 0.102. The number of ketones is 1. The Kier molecular flexibility index (Phi) is 5.95. The fourth-order valence-corrected chi connectivity index (χ4v) is 3.70. The molecule has 0 unspecified atom stereocenters. The highest BCUT2D eigenvalue weighted by atomic mass is 127. The molecule has 2 heterocycles. The van der Waals surface area contributed by atoms with Crippen molar-refractivity contribution in [2.75, 3.05) is 26.4 Å². The molecule has 0 spiro atoms. The molecule has 142 valence electrons. The summed E-state index contributed by atoms with van der Waals surface area (Å²) >= 11 is 2.21. The van der Waals surface area contributed by atoms with Crippen molar-refractivity contribution in [1.29, 1.82) is 0 Å². The highest BCUT2D eigenvalue weighted by molar-refractivity contribution is 14.1. The Hall–Kier alpha value is -1.64. The predicted octanol–water partition coefficient (Wildman–Crippen LogP) is 3.86. The summed E-state index contributed by atoms with van der Waals surface area (Å²) < 4.78 is 23.6. The first-order valence-corrected chi connectivity index (χ1v) is 10.2. The molecule has 2 aliphatic heterocycles. The van der Waals surface area contributed by atoms with Crippen LogP contribution in [0.4, 0.5) is 0 Å². The van der Waals surface area contributed by atoms with Crippen LogP contribution in [0.25, 0.3) is 0 Å². The van der Waals surface area contributed by atoms with Gasteiger partial charge in [-0.25, -0.2) is 0 Å². The van der Waals surface area contributed by atoms with Gasteiger partial charge in [-0.3, -0.25) is 4.79 Å². The number of hydrogen-bond acceptors (Lipinski definition) is 5. The number of benzene rings is 2. The molecule has 0 aromatic heterocycles. The fourth-order valence-electron chi connectivity index (χ4n) is 3.21. The summed E-state index contributed by atoms with van der Waals surface area (Å²) in [5, 5.41) is 0. The van der Waals surface area contributed by atoms with Gasteiger partial charge in [0.15, 0.2) is 5.78 Å². The maximum Gasteiger partial charge on any atom is 0.196 e. The summed E-state index contributed by atoms with van der Waals surface area (Å²) in [6.07, 6.45) is 1.84. The molecular formula is C21H21IO5. The number of rotatable bonds is 6. The van der Waals surface area contributed by atoms with Crippen molar-refractivity contribution in [3.05, 3.63) is 57.2 Å². The normalized spacial score (nSPS) is 22.0. The first-order valence-electron chi connectivity index (χ1n) is 9.12. The van der Waals surface area contributed by atoms with E-state index in [1.165, 1.54) is 0 Å². The first kappa shape index (κ1) is 18.7. The average molecular weight is 480 g/mol. The molecule has 4 rings (SSSR count). The van der Waals surface area contributed by atoms with E-state index in [1.807, 2.05) is 30.3 Å². The quantitative estimate of drug-likeness (QED) is 0.465. The van der Waals surface area contributed by atoms with Crippen LogP contribution in [0.5, 0.6) is 11.5 Å². The number of hydrogen-bond donors (Lipinski definition) is 0. The van der Waals surface area contributed by atoms with Gasteiger partial charge >= 0.3 is 0 Å². The molecule has 5 nitrogen and oxygen atoms in total. The highest BCUT2D eigenvalue weighted by Gasteiger charge is 2.22. The molecule has 0 saturated carbocycles. The summed E-state index contributed by atoms with van der Waals surface area (Å²) in [6.45, 7) is 2.62. The monoisotopic (exact) mass is 480 g/mol. The van der Waals surface area contributed by atoms with E-state index in [-0.39, 0.29) is 18.0 Å². The smallest absolute Gasteiger partial charge is 0.196 e. The lowest BCUT2D eigenvalue weighted by Gasteiger charge is -2.16. The van der Waals surface area contributed by atoms with Crippen molar-refractivity contribution < 1.29 is 23.7 Å². The minimum Gasteiger partial charge on any atom is -0.488 e. The second kappa shape index (κ2) is 8.58. The van der Waals surface area contributed by atoms with Crippen LogP contribution in [0.2, 0.25) is 0 Å². The fraction of sp³-hybridized carbons (Fsp3) is 0.381. The molecule has 2 fully saturated rings. The van der Waals surface area contributed by atoms with Gasteiger partial charge in [0.05, 0.1) is 32.0 Å². The third-order valence-electron chi connectivity index (χ3n) is 4.67. The minimum absolute atomic E-state index is 0.000942. The van der Waals surface area contributed by atoms with Gasteiger partial charge in [0.2, 0.25) is 0 Å². The van der Waals surface area contributed by atoms with Gasteiger partial charge in [0.1, 0.15) is 23.7 Å². The van der Waals surface area contributed by atoms with Crippen molar-refractivity contribution in [3.8, 4) is 11.5 Å².